The van der Waals surface area contributed by atoms with Crippen LogP contribution >= 0.6 is 0 Å². The van der Waals surface area contributed by atoms with Crippen molar-refractivity contribution in [3.05, 3.63) is 0 Å². The predicted molar refractivity (Wildman–Crippen MR) is 16.9 cm³/mol. The Hall–Kier alpha value is 0.00636. The van der Waals surface area contributed by atoms with Crippen LogP contribution in [0.3, 0.4) is 0 Å². The molecule has 0 spiro atoms. The van der Waals surface area contributed by atoms with Gasteiger partial charge in [-0.25, -0.2) is 0 Å². The van der Waals surface area contributed by atoms with Crippen LogP contribution in [0, 0.1) is 0 Å². The molecule has 10 heteroatoms. The molecule has 0 bridgehead atoms. The minimum absolute atomic E-state index is 0. The smallest absolute Gasteiger partial charge is 0.759 e. The maximum atomic E-state index is 8.52. The van der Waals surface area contributed by atoms with E-state index in [1.165, 1.54) is 0 Å². The zero-order chi connectivity index (χ0) is 8.08. The molecule has 10 heavy (non-hydrogen) atoms. The second-order valence-corrected chi connectivity index (χ2v) is 1.97. The first-order chi connectivity index (χ1) is 3.73. The van der Waals surface area contributed by atoms with Crippen LogP contribution < -0.4 is 9.59 Å². The maximum Gasteiger partial charge on any atom is 2.00 e. The molecule has 62 valence electrons. The molecular formula is FeO7SSi-2. The maximum absolute atomic E-state index is 8.52. The van der Waals surface area contributed by atoms with E-state index in [4.69, 9.17) is 31.6 Å². The van der Waals surface area contributed by atoms with Crippen molar-refractivity contribution < 1.29 is 48.6 Å². The molecule has 0 rings (SSSR count). The van der Waals surface area contributed by atoms with Gasteiger partial charge >= 0.3 is 17.1 Å². The fourth-order valence-corrected chi connectivity index (χ4v) is 0. The summed E-state index contributed by atoms with van der Waals surface area (Å²) < 4.78 is 42.6. The Kier molecular flexibility index (Phi) is 11.8. The third-order valence-corrected chi connectivity index (χ3v) is 0. The predicted octanol–water partition coefficient (Wildman–Crippen LogP) is -4.22. The Morgan fingerprint density at radius 3 is 1.10 bits per heavy atom. The van der Waals surface area contributed by atoms with Crippen LogP contribution in [0.25, 0.3) is 0 Å². The Bertz CT molecular complexity index is 156. The van der Waals surface area contributed by atoms with Crippen LogP contribution in [-0.2, 0) is 31.9 Å². The Morgan fingerprint density at radius 1 is 1.10 bits per heavy atom. The zero-order valence-electron chi connectivity index (χ0n) is 4.12. The van der Waals surface area contributed by atoms with Gasteiger partial charge in [0.05, 0.1) is 0 Å². The fourth-order valence-electron chi connectivity index (χ4n) is 0. The number of hydrogen-bond donors (Lipinski definition) is 0. The van der Waals surface area contributed by atoms with Gasteiger partial charge in [-0.2, -0.15) is 0 Å². The van der Waals surface area contributed by atoms with Crippen molar-refractivity contribution in [3.63, 3.8) is 0 Å². The summed E-state index contributed by atoms with van der Waals surface area (Å²) in [5.74, 6) is 0. The summed E-state index contributed by atoms with van der Waals surface area (Å²) in [6, 6.07) is 0. The third kappa shape index (κ3) is 9710000. The molecule has 0 fully saturated rings. The molecule has 0 aliphatic carbocycles. The minimum atomic E-state index is -5.17. The van der Waals surface area contributed by atoms with Crippen LogP contribution in [0.4, 0.5) is 0 Å². The van der Waals surface area contributed by atoms with E-state index in [9.17, 15) is 0 Å². The molecule has 0 aromatic heterocycles. The molecule has 0 amide bonds. The summed E-state index contributed by atoms with van der Waals surface area (Å²) in [6.07, 6.45) is 0. The van der Waals surface area contributed by atoms with Gasteiger partial charge in [-0.1, -0.05) is 0 Å². The van der Waals surface area contributed by atoms with E-state index in [1.807, 2.05) is 0 Å². The summed E-state index contributed by atoms with van der Waals surface area (Å²) in [7, 11) is -8.80. The molecule has 0 radical (unpaired) electrons. The quantitative estimate of drug-likeness (QED) is 0.232. The van der Waals surface area contributed by atoms with Gasteiger partial charge in [-0.3, -0.25) is 8.42 Å². The van der Waals surface area contributed by atoms with Crippen molar-refractivity contribution >= 4 is 19.6 Å². The van der Waals surface area contributed by atoms with E-state index in [0.29, 0.717) is 0 Å². The Labute approximate surface area is 68.6 Å². The van der Waals surface area contributed by atoms with E-state index >= 15 is 0 Å². The normalized spacial score (nSPS) is 8.20. The van der Waals surface area contributed by atoms with Crippen LogP contribution in [-0.4, -0.2) is 26.7 Å². The first kappa shape index (κ1) is 16.5. The van der Waals surface area contributed by atoms with Gasteiger partial charge in [-0.05, 0) is 0 Å². The molecule has 0 aliphatic heterocycles. The third-order valence-electron chi connectivity index (χ3n) is 0. The first-order valence-electron chi connectivity index (χ1n) is 1.28. The van der Waals surface area contributed by atoms with Crippen molar-refractivity contribution in [2.75, 3.05) is 0 Å². The topological polar surface area (TPSA) is 143 Å². The molecule has 0 aliphatic rings. The van der Waals surface area contributed by atoms with E-state index in [2.05, 4.69) is 0 Å². The van der Waals surface area contributed by atoms with Crippen molar-refractivity contribution in [2.24, 2.45) is 0 Å². The molecule has 0 saturated carbocycles. The van der Waals surface area contributed by atoms with Crippen LogP contribution in [0.5, 0.6) is 0 Å². The summed E-state index contributed by atoms with van der Waals surface area (Å²) in [6.45, 7) is 0. The van der Waals surface area contributed by atoms with Crippen molar-refractivity contribution in [2.45, 2.75) is 0 Å². The number of hydrogen-bond acceptors (Lipinski definition) is 7. The standard InChI is InChI=1S/Fe.H2O4S.O3Si/c;1-5(2,3)4;1-4(2)3/h;(H2,1,2,3,4);/q+2;;-2/p-2. The molecule has 0 N–H and O–H groups in total. The SMILES string of the molecule is O=S(=O)([O-])[O-].O=[Si]([O-])[O-].[Fe+2]. The van der Waals surface area contributed by atoms with Crippen molar-refractivity contribution in [1.29, 1.82) is 0 Å². The average molecular weight is 228 g/mol. The minimum Gasteiger partial charge on any atom is -0.759 e. The fraction of sp³-hybridized carbons (Fsp3) is 0. The van der Waals surface area contributed by atoms with E-state index < -0.39 is 19.6 Å². The van der Waals surface area contributed by atoms with Crippen LogP contribution in [0.15, 0.2) is 0 Å². The summed E-state index contributed by atoms with van der Waals surface area (Å²) >= 11 is 0. The average Bonchev–Trinajstić information content (AvgIpc) is 1.19. The van der Waals surface area contributed by atoms with E-state index in [1.54, 1.807) is 0 Å². The summed E-state index contributed by atoms with van der Waals surface area (Å²) in [5.41, 5.74) is 0. The molecule has 0 saturated heterocycles. The number of rotatable bonds is 0. The Balaban J connectivity index is -0.0000000910. The van der Waals surface area contributed by atoms with Crippen molar-refractivity contribution in [3.8, 4) is 0 Å². The summed E-state index contributed by atoms with van der Waals surface area (Å²) in [4.78, 5) is 17.0. The van der Waals surface area contributed by atoms with Crippen molar-refractivity contribution in [1.82, 2.24) is 0 Å². The van der Waals surface area contributed by atoms with Gasteiger partial charge in [0.2, 0.25) is 0 Å². The monoisotopic (exact) mass is 228 g/mol. The van der Waals surface area contributed by atoms with Gasteiger partial charge in [-0.15, -0.1) is 0 Å². The van der Waals surface area contributed by atoms with Crippen LogP contribution in [0.2, 0.25) is 0 Å². The molecule has 0 aromatic rings. The molecule has 0 heterocycles. The molecule has 0 aromatic carbocycles. The Morgan fingerprint density at radius 2 is 1.10 bits per heavy atom. The summed E-state index contributed by atoms with van der Waals surface area (Å²) in [5, 5.41) is 0. The second-order valence-electron chi connectivity index (χ2n) is 0.658. The van der Waals surface area contributed by atoms with Crippen LogP contribution in [0.1, 0.15) is 0 Å². The van der Waals surface area contributed by atoms with Gasteiger partial charge in [0, 0.05) is 19.6 Å². The second kappa shape index (κ2) is 7.12. The molecule has 0 atom stereocenters. The molecule has 0 unspecified atom stereocenters. The zero-order valence-corrected chi connectivity index (χ0v) is 7.04. The van der Waals surface area contributed by atoms with E-state index in [0.717, 1.165) is 0 Å². The van der Waals surface area contributed by atoms with E-state index in [-0.39, 0.29) is 17.1 Å². The van der Waals surface area contributed by atoms with Gasteiger partial charge in [0.1, 0.15) is 0 Å². The van der Waals surface area contributed by atoms with Gasteiger partial charge < -0.3 is 23.2 Å². The van der Waals surface area contributed by atoms with Gasteiger partial charge in [0.15, 0.2) is 0 Å². The molecular weight excluding hydrogens is 228 g/mol. The largest absolute Gasteiger partial charge is 2.00 e. The van der Waals surface area contributed by atoms with Gasteiger partial charge in [0.25, 0.3) is 0 Å². The molecule has 7 nitrogen and oxygen atoms in total. The first-order valence-corrected chi connectivity index (χ1v) is 3.84.